The molecule has 2 aromatic rings. The Hall–Kier alpha value is -0.980. The van der Waals surface area contributed by atoms with Crippen molar-refractivity contribution in [3.8, 4) is 11.5 Å². The molecule has 0 radical (unpaired) electrons. The molecule has 6 heteroatoms. The molecule has 2 rings (SSSR count). The maximum atomic E-state index is 12.2. The van der Waals surface area contributed by atoms with Crippen molar-refractivity contribution < 1.29 is 14.3 Å². The van der Waals surface area contributed by atoms with Crippen LogP contribution in [0.4, 0.5) is 0 Å². The molecule has 0 unspecified atom stereocenters. The predicted molar refractivity (Wildman–Crippen MR) is 106 cm³/mol. The van der Waals surface area contributed by atoms with Crippen molar-refractivity contribution >= 4 is 51.8 Å². The van der Waals surface area contributed by atoms with Crippen molar-refractivity contribution in [2.45, 2.75) is 26.2 Å². The lowest BCUT2D eigenvalue weighted by atomic mass is 10.2. The van der Waals surface area contributed by atoms with E-state index in [1.54, 1.807) is 12.1 Å². The Morgan fingerprint density at radius 2 is 1.71 bits per heavy atom. The number of hydrogen-bond acceptors (Lipinski definition) is 3. The molecule has 0 N–H and O–H groups in total. The molecule has 0 heterocycles. The Morgan fingerprint density at radius 3 is 2.29 bits per heavy atom. The fraction of sp³-hybridized carbons (Fsp3) is 0.278. The minimum absolute atomic E-state index is 0.282. The number of unbranched alkanes of at least 4 members (excludes halogenated alkanes) is 2. The van der Waals surface area contributed by atoms with Crippen molar-refractivity contribution in [1.29, 1.82) is 0 Å². The lowest BCUT2D eigenvalue weighted by molar-refractivity contribution is 0.0734. The molecule has 0 atom stereocenters. The quantitative estimate of drug-likeness (QED) is 0.200. The maximum Gasteiger partial charge on any atom is 0.343 e. The van der Waals surface area contributed by atoms with E-state index in [1.165, 1.54) is 12.1 Å². The van der Waals surface area contributed by atoms with Gasteiger partial charge in [0.15, 0.2) is 5.75 Å². The van der Waals surface area contributed by atoms with Crippen molar-refractivity contribution in [2.75, 3.05) is 6.61 Å². The van der Waals surface area contributed by atoms with Crippen LogP contribution in [-0.2, 0) is 0 Å². The van der Waals surface area contributed by atoms with Crippen LogP contribution in [0.3, 0.4) is 0 Å². The van der Waals surface area contributed by atoms with Crippen LogP contribution in [0.2, 0.25) is 10.0 Å². The molecule has 0 aliphatic rings. The van der Waals surface area contributed by atoms with Crippen LogP contribution >= 0.6 is 45.8 Å². The summed E-state index contributed by atoms with van der Waals surface area (Å²) in [5, 5.41) is 0.599. The van der Waals surface area contributed by atoms with Crippen LogP contribution in [0.15, 0.2) is 36.4 Å². The summed E-state index contributed by atoms with van der Waals surface area (Å²) >= 11 is 14.6. The van der Waals surface area contributed by atoms with Gasteiger partial charge in [-0.3, -0.25) is 0 Å². The number of rotatable bonds is 7. The van der Waals surface area contributed by atoms with Gasteiger partial charge >= 0.3 is 5.97 Å². The second kappa shape index (κ2) is 9.49. The first-order valence-electron chi connectivity index (χ1n) is 7.61. The monoisotopic (exact) mass is 478 g/mol. The van der Waals surface area contributed by atoms with Gasteiger partial charge in [-0.25, -0.2) is 4.79 Å². The van der Waals surface area contributed by atoms with Gasteiger partial charge < -0.3 is 9.47 Å². The molecule has 0 bridgehead atoms. The first kappa shape index (κ1) is 19.3. The van der Waals surface area contributed by atoms with Gasteiger partial charge in [0.2, 0.25) is 0 Å². The summed E-state index contributed by atoms with van der Waals surface area (Å²) in [6.45, 7) is 2.66. The molecule has 0 aliphatic heterocycles. The molecule has 0 aromatic heterocycles. The number of benzene rings is 2. The van der Waals surface area contributed by atoms with Gasteiger partial charge in [-0.15, -0.1) is 0 Å². The molecule has 0 aliphatic carbocycles. The lowest BCUT2D eigenvalue weighted by Gasteiger charge is -2.11. The lowest BCUT2D eigenvalue weighted by Crippen LogP contribution is -2.09. The second-order valence-corrected chi connectivity index (χ2v) is 7.23. The van der Waals surface area contributed by atoms with E-state index in [1.807, 2.05) is 12.1 Å². The van der Waals surface area contributed by atoms with E-state index >= 15 is 0 Å². The Bertz CT molecular complexity index is 679. The molecule has 0 fully saturated rings. The highest BCUT2D eigenvalue weighted by atomic mass is 127. The summed E-state index contributed by atoms with van der Waals surface area (Å²) in [5.41, 5.74) is 0.282. The summed E-state index contributed by atoms with van der Waals surface area (Å²) in [7, 11) is 0. The first-order valence-corrected chi connectivity index (χ1v) is 9.44. The van der Waals surface area contributed by atoms with Crippen LogP contribution in [0.25, 0.3) is 0 Å². The zero-order valence-corrected chi connectivity index (χ0v) is 16.8. The SMILES string of the molecule is CCCCCOc1c(Cl)cc(C(=O)Oc2ccc(I)cc2)cc1Cl. The second-order valence-electron chi connectivity index (χ2n) is 5.17. The molecule has 0 spiro atoms. The van der Waals surface area contributed by atoms with E-state index in [0.29, 0.717) is 28.2 Å². The van der Waals surface area contributed by atoms with E-state index in [-0.39, 0.29) is 5.56 Å². The van der Waals surface area contributed by atoms with Crippen LogP contribution in [0, 0.1) is 3.57 Å². The summed E-state index contributed by atoms with van der Waals surface area (Å²) in [6, 6.07) is 10.2. The van der Waals surface area contributed by atoms with Gasteiger partial charge in [0.1, 0.15) is 5.75 Å². The van der Waals surface area contributed by atoms with Crippen molar-refractivity contribution in [1.82, 2.24) is 0 Å². The fourth-order valence-electron chi connectivity index (χ4n) is 2.01. The Labute approximate surface area is 165 Å². The van der Waals surface area contributed by atoms with Crippen molar-refractivity contribution in [3.63, 3.8) is 0 Å². The molecule has 0 saturated heterocycles. The zero-order chi connectivity index (χ0) is 17.5. The minimum atomic E-state index is -0.516. The minimum Gasteiger partial charge on any atom is -0.490 e. The van der Waals surface area contributed by atoms with Gasteiger partial charge in [-0.1, -0.05) is 43.0 Å². The third-order valence-electron chi connectivity index (χ3n) is 3.25. The molecule has 2 aromatic carbocycles. The summed E-state index contributed by atoms with van der Waals surface area (Å²) < 4.78 is 12.0. The summed E-state index contributed by atoms with van der Waals surface area (Å²) in [4.78, 5) is 12.2. The van der Waals surface area contributed by atoms with Crippen LogP contribution < -0.4 is 9.47 Å². The predicted octanol–water partition coefficient (Wildman–Crippen LogP) is 6.39. The number of carbonyl (C=O) groups is 1. The standard InChI is InChI=1S/C18H17Cl2IO3/c1-2-3-4-9-23-17-15(19)10-12(11-16(17)20)18(22)24-14-7-5-13(21)6-8-14/h5-8,10-11H,2-4,9H2,1H3. The number of esters is 1. The third-order valence-corrected chi connectivity index (χ3v) is 4.53. The van der Waals surface area contributed by atoms with Crippen LogP contribution in [-0.4, -0.2) is 12.6 Å². The molecular formula is C18H17Cl2IO3. The number of halogens is 3. The Balaban J connectivity index is 2.07. The molecule has 0 saturated carbocycles. The first-order chi connectivity index (χ1) is 11.5. The normalized spacial score (nSPS) is 10.5. The average molecular weight is 479 g/mol. The van der Waals surface area contributed by atoms with Crippen LogP contribution in [0.5, 0.6) is 11.5 Å². The molecular weight excluding hydrogens is 462 g/mol. The topological polar surface area (TPSA) is 35.5 Å². The smallest absolute Gasteiger partial charge is 0.343 e. The Kier molecular flexibility index (Phi) is 7.65. The summed E-state index contributed by atoms with van der Waals surface area (Å²) in [5.74, 6) is 0.352. The van der Waals surface area contributed by atoms with E-state index in [0.717, 1.165) is 22.8 Å². The number of carbonyl (C=O) groups excluding carboxylic acids is 1. The van der Waals surface area contributed by atoms with E-state index in [4.69, 9.17) is 32.7 Å². The highest BCUT2D eigenvalue weighted by molar-refractivity contribution is 14.1. The van der Waals surface area contributed by atoms with Gasteiger partial charge in [0, 0.05) is 3.57 Å². The van der Waals surface area contributed by atoms with Crippen molar-refractivity contribution in [2.24, 2.45) is 0 Å². The molecule has 3 nitrogen and oxygen atoms in total. The van der Waals surface area contributed by atoms with E-state index in [9.17, 15) is 4.79 Å². The van der Waals surface area contributed by atoms with E-state index < -0.39 is 5.97 Å². The molecule has 128 valence electrons. The molecule has 24 heavy (non-hydrogen) atoms. The van der Waals surface area contributed by atoms with Gasteiger partial charge in [-0.05, 0) is 65.4 Å². The highest BCUT2D eigenvalue weighted by Gasteiger charge is 2.16. The largest absolute Gasteiger partial charge is 0.490 e. The highest BCUT2D eigenvalue weighted by Crippen LogP contribution is 2.34. The number of hydrogen-bond donors (Lipinski definition) is 0. The van der Waals surface area contributed by atoms with Crippen molar-refractivity contribution in [3.05, 3.63) is 55.6 Å². The van der Waals surface area contributed by atoms with E-state index in [2.05, 4.69) is 29.5 Å². The maximum absolute atomic E-state index is 12.2. The van der Waals surface area contributed by atoms with Gasteiger partial charge in [0.25, 0.3) is 0 Å². The zero-order valence-electron chi connectivity index (χ0n) is 13.2. The number of ether oxygens (including phenoxy) is 2. The Morgan fingerprint density at radius 1 is 1.08 bits per heavy atom. The fourth-order valence-corrected chi connectivity index (χ4v) is 2.97. The van der Waals surface area contributed by atoms with Crippen LogP contribution in [0.1, 0.15) is 36.5 Å². The summed E-state index contributed by atoms with van der Waals surface area (Å²) in [6.07, 6.45) is 3.11. The third kappa shape index (κ3) is 5.53. The molecule has 0 amide bonds. The average Bonchev–Trinajstić information content (AvgIpc) is 2.55. The van der Waals surface area contributed by atoms with Gasteiger partial charge in [0.05, 0.1) is 22.2 Å². The van der Waals surface area contributed by atoms with Gasteiger partial charge in [-0.2, -0.15) is 0 Å².